The first kappa shape index (κ1) is 14.7. The molecular formula is C7H11BrCl2N2. The average molecular weight is 274 g/mol. The molecule has 1 aromatic rings. The molecule has 0 aliphatic heterocycles. The molecular weight excluding hydrogens is 263 g/mol. The highest BCUT2D eigenvalue weighted by Crippen LogP contribution is 2.19. The molecule has 1 aromatic heterocycles. The maximum atomic E-state index is 5.66. The third-order valence-corrected chi connectivity index (χ3v) is 1.96. The fraction of sp³-hybridized carbons (Fsp3) is 0.286. The molecule has 0 radical (unpaired) electrons. The first-order valence-corrected chi connectivity index (χ1v) is 3.86. The summed E-state index contributed by atoms with van der Waals surface area (Å²) in [4.78, 5) is 3.92. The highest BCUT2D eigenvalue weighted by Gasteiger charge is 2.01. The monoisotopic (exact) mass is 272 g/mol. The van der Waals surface area contributed by atoms with Crippen molar-refractivity contribution in [2.45, 2.75) is 13.0 Å². The summed E-state index contributed by atoms with van der Waals surface area (Å²) in [7, 11) is 0. The van der Waals surface area contributed by atoms with Crippen LogP contribution in [-0.4, -0.2) is 4.98 Å². The van der Waals surface area contributed by atoms with Crippen molar-refractivity contribution in [2.24, 2.45) is 5.73 Å². The lowest BCUT2D eigenvalue weighted by atomic mass is 10.1. The molecule has 0 bridgehead atoms. The molecule has 2 N–H and O–H groups in total. The standard InChI is InChI=1S/C7H9BrN2.2ClH/c1-5(9)6-2-3-10-4-7(6)8;;/h2-5H,9H2,1H3;2*1H/t5-;;/m1../s1. The van der Waals surface area contributed by atoms with E-state index in [-0.39, 0.29) is 30.9 Å². The van der Waals surface area contributed by atoms with Gasteiger partial charge in [-0.15, -0.1) is 24.8 Å². The molecule has 0 saturated heterocycles. The molecule has 1 heterocycles. The molecule has 1 rings (SSSR count). The molecule has 1 atom stereocenters. The normalized spacial score (nSPS) is 10.9. The van der Waals surface area contributed by atoms with Gasteiger partial charge in [0.05, 0.1) is 0 Å². The van der Waals surface area contributed by atoms with E-state index in [0.717, 1.165) is 10.0 Å². The Hall–Kier alpha value is 0.170. The minimum Gasteiger partial charge on any atom is -0.324 e. The number of aromatic nitrogens is 1. The Balaban J connectivity index is 0. The Morgan fingerprint density at radius 3 is 2.42 bits per heavy atom. The second-order valence-electron chi connectivity index (χ2n) is 2.19. The first-order chi connectivity index (χ1) is 4.72. The largest absolute Gasteiger partial charge is 0.324 e. The Bertz CT molecular complexity index is 230. The van der Waals surface area contributed by atoms with E-state index in [2.05, 4.69) is 20.9 Å². The molecule has 0 aliphatic carbocycles. The van der Waals surface area contributed by atoms with Gasteiger partial charge in [0.2, 0.25) is 0 Å². The molecule has 70 valence electrons. The van der Waals surface area contributed by atoms with Crippen LogP contribution in [0.15, 0.2) is 22.9 Å². The SMILES string of the molecule is C[C@@H](N)c1ccncc1Br.Cl.Cl. The van der Waals surface area contributed by atoms with E-state index in [0.29, 0.717) is 0 Å². The Labute approximate surface area is 92.9 Å². The molecule has 0 saturated carbocycles. The second-order valence-corrected chi connectivity index (χ2v) is 3.04. The quantitative estimate of drug-likeness (QED) is 0.855. The van der Waals surface area contributed by atoms with E-state index >= 15 is 0 Å². The summed E-state index contributed by atoms with van der Waals surface area (Å²) >= 11 is 3.35. The molecule has 0 unspecified atom stereocenters. The highest BCUT2D eigenvalue weighted by atomic mass is 79.9. The van der Waals surface area contributed by atoms with Gasteiger partial charge in [-0.05, 0) is 34.5 Å². The summed E-state index contributed by atoms with van der Waals surface area (Å²) in [6.45, 7) is 1.94. The molecule has 0 aliphatic rings. The summed E-state index contributed by atoms with van der Waals surface area (Å²) in [6, 6.07) is 1.98. The van der Waals surface area contributed by atoms with Crippen LogP contribution in [0.1, 0.15) is 18.5 Å². The number of hydrogen-bond donors (Lipinski definition) is 1. The van der Waals surface area contributed by atoms with E-state index in [9.17, 15) is 0 Å². The van der Waals surface area contributed by atoms with Crippen molar-refractivity contribution in [3.05, 3.63) is 28.5 Å². The van der Waals surface area contributed by atoms with E-state index in [1.165, 1.54) is 0 Å². The van der Waals surface area contributed by atoms with Gasteiger partial charge in [-0.3, -0.25) is 4.98 Å². The van der Waals surface area contributed by atoms with Crippen molar-refractivity contribution >= 4 is 40.7 Å². The first-order valence-electron chi connectivity index (χ1n) is 3.07. The van der Waals surface area contributed by atoms with Crippen molar-refractivity contribution in [1.29, 1.82) is 0 Å². The van der Waals surface area contributed by atoms with Crippen LogP contribution in [0, 0.1) is 0 Å². The van der Waals surface area contributed by atoms with Crippen molar-refractivity contribution in [3.8, 4) is 0 Å². The maximum absolute atomic E-state index is 5.66. The van der Waals surface area contributed by atoms with E-state index in [1.807, 2.05) is 13.0 Å². The average Bonchev–Trinajstić information content (AvgIpc) is 1.88. The van der Waals surface area contributed by atoms with Gasteiger partial charge in [0, 0.05) is 22.9 Å². The Morgan fingerprint density at radius 2 is 2.08 bits per heavy atom. The second kappa shape index (κ2) is 6.66. The van der Waals surface area contributed by atoms with Crippen LogP contribution in [0.3, 0.4) is 0 Å². The topological polar surface area (TPSA) is 38.9 Å². The van der Waals surface area contributed by atoms with Crippen LogP contribution in [0.4, 0.5) is 0 Å². The minimum absolute atomic E-state index is 0. The third-order valence-electron chi connectivity index (χ3n) is 1.29. The van der Waals surface area contributed by atoms with Crippen molar-refractivity contribution in [3.63, 3.8) is 0 Å². The third kappa shape index (κ3) is 3.72. The van der Waals surface area contributed by atoms with Crippen LogP contribution in [-0.2, 0) is 0 Å². The lowest BCUT2D eigenvalue weighted by Gasteiger charge is -2.05. The van der Waals surface area contributed by atoms with Crippen molar-refractivity contribution in [1.82, 2.24) is 4.98 Å². The maximum Gasteiger partial charge on any atom is 0.0413 e. The van der Waals surface area contributed by atoms with Gasteiger partial charge < -0.3 is 5.73 Å². The summed E-state index contributed by atoms with van der Waals surface area (Å²) in [5.41, 5.74) is 6.75. The number of hydrogen-bond acceptors (Lipinski definition) is 2. The number of nitrogens with two attached hydrogens (primary N) is 1. The molecule has 0 aromatic carbocycles. The van der Waals surface area contributed by atoms with Gasteiger partial charge in [-0.2, -0.15) is 0 Å². The highest BCUT2D eigenvalue weighted by molar-refractivity contribution is 9.10. The minimum atomic E-state index is 0. The zero-order chi connectivity index (χ0) is 7.56. The van der Waals surface area contributed by atoms with Crippen LogP contribution >= 0.6 is 40.7 Å². The van der Waals surface area contributed by atoms with Crippen molar-refractivity contribution in [2.75, 3.05) is 0 Å². The van der Waals surface area contributed by atoms with E-state index in [4.69, 9.17) is 5.73 Å². The number of nitrogens with zero attached hydrogens (tertiary/aromatic N) is 1. The van der Waals surface area contributed by atoms with Gasteiger partial charge in [0.1, 0.15) is 0 Å². The summed E-state index contributed by atoms with van der Waals surface area (Å²) in [6.07, 6.45) is 3.49. The summed E-state index contributed by atoms with van der Waals surface area (Å²) in [5, 5.41) is 0. The van der Waals surface area contributed by atoms with Gasteiger partial charge in [0.25, 0.3) is 0 Å². The van der Waals surface area contributed by atoms with Gasteiger partial charge in [0.15, 0.2) is 0 Å². The van der Waals surface area contributed by atoms with E-state index < -0.39 is 0 Å². The van der Waals surface area contributed by atoms with Crippen LogP contribution in [0.5, 0.6) is 0 Å². The van der Waals surface area contributed by atoms with Gasteiger partial charge in [-0.1, -0.05) is 0 Å². The summed E-state index contributed by atoms with van der Waals surface area (Å²) in [5.74, 6) is 0. The fourth-order valence-electron chi connectivity index (χ4n) is 0.755. The van der Waals surface area contributed by atoms with Gasteiger partial charge in [-0.25, -0.2) is 0 Å². The lowest BCUT2D eigenvalue weighted by Crippen LogP contribution is -2.05. The number of rotatable bonds is 1. The molecule has 0 amide bonds. The van der Waals surface area contributed by atoms with Crippen molar-refractivity contribution < 1.29 is 0 Å². The molecule has 2 nitrogen and oxygen atoms in total. The zero-order valence-corrected chi connectivity index (χ0v) is 9.75. The van der Waals surface area contributed by atoms with Gasteiger partial charge >= 0.3 is 0 Å². The van der Waals surface area contributed by atoms with Crippen LogP contribution < -0.4 is 5.73 Å². The summed E-state index contributed by atoms with van der Waals surface area (Å²) < 4.78 is 0.977. The molecule has 0 spiro atoms. The van der Waals surface area contributed by atoms with E-state index in [1.54, 1.807) is 12.4 Å². The predicted molar refractivity (Wildman–Crippen MR) is 59.0 cm³/mol. The molecule has 12 heavy (non-hydrogen) atoms. The number of pyridine rings is 1. The Morgan fingerprint density at radius 1 is 1.50 bits per heavy atom. The molecule has 5 heteroatoms. The predicted octanol–water partition coefficient (Wildman–Crippen LogP) is 2.71. The van der Waals surface area contributed by atoms with Crippen LogP contribution in [0.2, 0.25) is 0 Å². The molecule has 0 fully saturated rings. The van der Waals surface area contributed by atoms with Crippen LogP contribution in [0.25, 0.3) is 0 Å². The fourth-order valence-corrected chi connectivity index (χ4v) is 1.37. The smallest absolute Gasteiger partial charge is 0.0413 e. The zero-order valence-electron chi connectivity index (χ0n) is 6.53. The number of halogens is 3. The Kier molecular flexibility index (Phi) is 8.15. The lowest BCUT2D eigenvalue weighted by molar-refractivity contribution is 0.810.